The van der Waals surface area contributed by atoms with Gasteiger partial charge in [-0.1, -0.05) is 77.7 Å². The molecule has 0 aliphatic carbocycles. The highest BCUT2D eigenvalue weighted by Crippen LogP contribution is 2.42. The number of amides is 1. The van der Waals surface area contributed by atoms with E-state index in [1.165, 1.54) is 11.8 Å². The average Bonchev–Trinajstić information content (AvgIpc) is 2.87. The van der Waals surface area contributed by atoms with Crippen LogP contribution in [-0.2, 0) is 15.6 Å². The van der Waals surface area contributed by atoms with Gasteiger partial charge in [0.05, 0.1) is 10.6 Å². The molecule has 1 fully saturated rings. The van der Waals surface area contributed by atoms with Crippen LogP contribution in [0.15, 0.2) is 41.3 Å². The van der Waals surface area contributed by atoms with Gasteiger partial charge in [0.2, 0.25) is 0 Å². The topological polar surface area (TPSA) is 40.5 Å². The molecule has 1 saturated heterocycles. The van der Waals surface area contributed by atoms with Crippen LogP contribution in [0, 0.1) is 6.92 Å². The summed E-state index contributed by atoms with van der Waals surface area (Å²) in [5.74, 6) is 0.220. The number of aromatic hydroxyl groups is 1. The molecule has 1 amide bonds. The standard InChI is InChI=1S/C25H29NO2S2/c1-15-9-8-10-17(11-15)26-22(28)20(30-23(26)29)14-16-12-18(24(2,3)4)21(27)19(13-16)25(5,6)7/h8-14,27H,1-7H3/b20-14+. The Morgan fingerprint density at radius 1 is 1.00 bits per heavy atom. The van der Waals surface area contributed by atoms with Gasteiger partial charge in [-0.05, 0) is 59.2 Å². The Balaban J connectivity index is 2.09. The van der Waals surface area contributed by atoms with Crippen molar-refractivity contribution in [1.82, 2.24) is 0 Å². The van der Waals surface area contributed by atoms with Crippen molar-refractivity contribution in [3.63, 3.8) is 0 Å². The normalized spacial score (nSPS) is 16.6. The van der Waals surface area contributed by atoms with Crippen LogP contribution in [0.4, 0.5) is 5.69 Å². The molecule has 1 aliphatic heterocycles. The highest BCUT2D eigenvalue weighted by atomic mass is 32.2. The minimum absolute atomic E-state index is 0.113. The fraction of sp³-hybridized carbons (Fsp3) is 0.360. The summed E-state index contributed by atoms with van der Waals surface area (Å²) in [6.45, 7) is 14.5. The number of thiocarbonyl (C=S) groups is 1. The van der Waals surface area contributed by atoms with Crippen molar-refractivity contribution < 1.29 is 9.90 Å². The molecule has 0 saturated carbocycles. The van der Waals surface area contributed by atoms with Gasteiger partial charge in [-0.3, -0.25) is 9.69 Å². The summed E-state index contributed by atoms with van der Waals surface area (Å²) in [6.07, 6.45) is 1.89. The Morgan fingerprint density at radius 2 is 1.57 bits per heavy atom. The fourth-order valence-corrected chi connectivity index (χ4v) is 4.79. The maximum absolute atomic E-state index is 13.2. The van der Waals surface area contributed by atoms with Crippen molar-refractivity contribution in [2.24, 2.45) is 0 Å². The molecule has 0 bridgehead atoms. The summed E-state index contributed by atoms with van der Waals surface area (Å²) in [4.78, 5) is 15.3. The summed E-state index contributed by atoms with van der Waals surface area (Å²) in [7, 11) is 0. The first-order valence-corrected chi connectivity index (χ1v) is 11.2. The van der Waals surface area contributed by atoms with Gasteiger partial charge in [0, 0.05) is 11.1 Å². The van der Waals surface area contributed by atoms with Crippen molar-refractivity contribution in [1.29, 1.82) is 0 Å². The van der Waals surface area contributed by atoms with E-state index in [0.717, 1.165) is 27.9 Å². The Hall–Kier alpha value is -2.11. The molecule has 0 atom stereocenters. The summed E-state index contributed by atoms with van der Waals surface area (Å²) in [5, 5.41) is 10.9. The summed E-state index contributed by atoms with van der Waals surface area (Å²) in [6, 6.07) is 11.7. The molecule has 0 spiro atoms. The number of hydrogen-bond acceptors (Lipinski definition) is 4. The van der Waals surface area contributed by atoms with Crippen molar-refractivity contribution in [3.8, 4) is 5.75 Å². The predicted molar refractivity (Wildman–Crippen MR) is 132 cm³/mol. The number of carbonyl (C=O) groups excluding carboxylic acids is 1. The Bertz CT molecular complexity index is 1020. The van der Waals surface area contributed by atoms with Crippen LogP contribution in [-0.4, -0.2) is 15.3 Å². The third-order valence-corrected chi connectivity index (χ3v) is 6.40. The third-order valence-electron chi connectivity index (χ3n) is 5.10. The van der Waals surface area contributed by atoms with Crippen molar-refractivity contribution in [2.75, 3.05) is 4.90 Å². The molecule has 3 nitrogen and oxygen atoms in total. The second-order valence-corrected chi connectivity index (χ2v) is 11.5. The van der Waals surface area contributed by atoms with Crippen LogP contribution in [0.1, 0.15) is 63.8 Å². The zero-order valence-electron chi connectivity index (χ0n) is 18.7. The average molecular weight is 440 g/mol. The number of benzene rings is 2. The minimum Gasteiger partial charge on any atom is -0.507 e. The van der Waals surface area contributed by atoms with Gasteiger partial charge in [0.25, 0.3) is 5.91 Å². The first-order chi connectivity index (χ1) is 13.8. The molecule has 30 heavy (non-hydrogen) atoms. The smallest absolute Gasteiger partial charge is 0.270 e. The van der Waals surface area contributed by atoms with E-state index in [4.69, 9.17) is 12.2 Å². The number of carbonyl (C=O) groups is 1. The fourth-order valence-electron chi connectivity index (χ4n) is 3.49. The van der Waals surface area contributed by atoms with E-state index in [1.807, 2.05) is 49.4 Å². The maximum atomic E-state index is 13.2. The number of nitrogens with zero attached hydrogens (tertiary/aromatic N) is 1. The molecule has 0 aromatic heterocycles. The van der Waals surface area contributed by atoms with Gasteiger partial charge < -0.3 is 5.11 Å². The Morgan fingerprint density at radius 3 is 2.07 bits per heavy atom. The van der Waals surface area contributed by atoms with Crippen molar-refractivity contribution in [2.45, 2.75) is 59.3 Å². The number of anilines is 1. The van der Waals surface area contributed by atoms with Crippen LogP contribution < -0.4 is 4.90 Å². The van der Waals surface area contributed by atoms with E-state index < -0.39 is 0 Å². The number of thioether (sulfide) groups is 1. The molecule has 1 heterocycles. The monoisotopic (exact) mass is 439 g/mol. The predicted octanol–water partition coefficient (Wildman–Crippen LogP) is 6.70. The highest BCUT2D eigenvalue weighted by molar-refractivity contribution is 8.27. The largest absolute Gasteiger partial charge is 0.507 e. The van der Waals surface area contributed by atoms with Gasteiger partial charge in [0.1, 0.15) is 5.75 Å². The van der Waals surface area contributed by atoms with Crippen LogP contribution in [0.5, 0.6) is 5.75 Å². The number of hydrogen-bond donors (Lipinski definition) is 1. The van der Waals surface area contributed by atoms with Crippen LogP contribution in [0.3, 0.4) is 0 Å². The van der Waals surface area contributed by atoms with E-state index in [1.54, 1.807) is 4.90 Å². The van der Waals surface area contributed by atoms with E-state index in [9.17, 15) is 9.90 Å². The highest BCUT2D eigenvalue weighted by Gasteiger charge is 2.34. The molecule has 1 aliphatic rings. The SMILES string of the molecule is Cc1cccc(N2C(=O)/C(=C\c3cc(C(C)(C)C)c(O)c(C(C)(C)C)c3)SC2=S)c1. The Labute approximate surface area is 189 Å². The second kappa shape index (κ2) is 7.86. The van der Waals surface area contributed by atoms with Crippen LogP contribution in [0.2, 0.25) is 0 Å². The van der Waals surface area contributed by atoms with E-state index in [2.05, 4.69) is 41.5 Å². The van der Waals surface area contributed by atoms with Gasteiger partial charge >= 0.3 is 0 Å². The molecule has 3 rings (SSSR count). The molecule has 2 aromatic rings. The number of rotatable bonds is 2. The van der Waals surface area contributed by atoms with Gasteiger partial charge in [-0.15, -0.1) is 0 Å². The summed E-state index contributed by atoms with van der Waals surface area (Å²) >= 11 is 6.83. The Kier molecular flexibility index (Phi) is 5.91. The van der Waals surface area contributed by atoms with Crippen molar-refractivity contribution >= 4 is 46.0 Å². The first-order valence-electron chi connectivity index (χ1n) is 10.0. The molecule has 2 aromatic carbocycles. The maximum Gasteiger partial charge on any atom is 0.270 e. The second-order valence-electron chi connectivity index (χ2n) is 9.82. The minimum atomic E-state index is -0.228. The molecule has 158 valence electrons. The van der Waals surface area contributed by atoms with Gasteiger partial charge in [-0.25, -0.2) is 0 Å². The van der Waals surface area contributed by atoms with Crippen LogP contribution >= 0.6 is 24.0 Å². The van der Waals surface area contributed by atoms with Crippen LogP contribution in [0.25, 0.3) is 6.08 Å². The number of phenolic OH excluding ortho intramolecular Hbond substituents is 1. The van der Waals surface area contributed by atoms with E-state index >= 15 is 0 Å². The van der Waals surface area contributed by atoms with E-state index in [-0.39, 0.29) is 16.7 Å². The quantitative estimate of drug-likeness (QED) is 0.417. The molecular weight excluding hydrogens is 410 g/mol. The zero-order valence-corrected chi connectivity index (χ0v) is 20.3. The lowest BCUT2D eigenvalue weighted by Crippen LogP contribution is -2.27. The summed E-state index contributed by atoms with van der Waals surface area (Å²) < 4.78 is 0.530. The van der Waals surface area contributed by atoms with E-state index in [0.29, 0.717) is 15.0 Å². The molecular formula is C25H29NO2S2. The lowest BCUT2D eigenvalue weighted by Gasteiger charge is -2.28. The van der Waals surface area contributed by atoms with Gasteiger partial charge in [0.15, 0.2) is 4.32 Å². The molecule has 5 heteroatoms. The number of phenols is 1. The molecule has 1 N–H and O–H groups in total. The lowest BCUT2D eigenvalue weighted by molar-refractivity contribution is -0.113. The number of aryl methyl sites for hydroxylation is 1. The zero-order chi connectivity index (χ0) is 22.4. The first kappa shape index (κ1) is 22.6. The third kappa shape index (κ3) is 4.47. The summed E-state index contributed by atoms with van der Waals surface area (Å²) in [5.41, 5.74) is 4.05. The van der Waals surface area contributed by atoms with Gasteiger partial charge in [-0.2, -0.15) is 0 Å². The lowest BCUT2D eigenvalue weighted by atomic mass is 9.78. The molecule has 0 radical (unpaired) electrons. The molecule has 0 unspecified atom stereocenters. The van der Waals surface area contributed by atoms with Crippen molar-refractivity contribution in [3.05, 3.63) is 63.6 Å².